The number of rotatable bonds is 5. The number of hydrogen-bond acceptors (Lipinski definition) is 5. The Morgan fingerprint density at radius 2 is 2.15 bits per heavy atom. The maximum Gasteiger partial charge on any atom is 0.226 e. The van der Waals surface area contributed by atoms with Crippen molar-refractivity contribution in [3.63, 3.8) is 0 Å². The summed E-state index contributed by atoms with van der Waals surface area (Å²) in [6.45, 7) is 4.86. The molecular formula is C19H22ClN5O2. The highest BCUT2D eigenvalue weighted by Gasteiger charge is 2.16. The van der Waals surface area contributed by atoms with Crippen LogP contribution in [0.1, 0.15) is 22.8 Å². The molecule has 0 saturated carbocycles. The Hall–Kier alpha value is -2.64. The van der Waals surface area contributed by atoms with Crippen LogP contribution in [0.5, 0.6) is 0 Å². The lowest BCUT2D eigenvalue weighted by molar-refractivity contribution is -0.120. The highest BCUT2D eigenvalue weighted by atomic mass is 35.5. The Bertz CT molecular complexity index is 896. The predicted molar refractivity (Wildman–Crippen MR) is 103 cm³/mol. The first kappa shape index (κ1) is 19.1. The summed E-state index contributed by atoms with van der Waals surface area (Å²) in [6.07, 6.45) is 0.192. The van der Waals surface area contributed by atoms with Crippen LogP contribution < -0.4 is 10.6 Å². The van der Waals surface area contributed by atoms with Crippen LogP contribution >= 0.6 is 12.4 Å². The minimum Gasteiger partial charge on any atom is -0.441 e. The Morgan fingerprint density at radius 3 is 2.93 bits per heavy atom. The van der Waals surface area contributed by atoms with Crippen molar-refractivity contribution in [3.8, 4) is 11.5 Å². The molecule has 1 aromatic carbocycles. The summed E-state index contributed by atoms with van der Waals surface area (Å²) in [4.78, 5) is 16.8. The summed E-state index contributed by atoms with van der Waals surface area (Å²) in [5.74, 6) is 1.12. The van der Waals surface area contributed by atoms with Gasteiger partial charge in [-0.1, -0.05) is 18.2 Å². The summed E-state index contributed by atoms with van der Waals surface area (Å²) in [6, 6.07) is 11.7. The minimum atomic E-state index is -0.0925. The number of fused-ring (bicyclic) bond motifs is 1. The van der Waals surface area contributed by atoms with Crippen molar-refractivity contribution < 1.29 is 9.21 Å². The molecule has 27 heavy (non-hydrogen) atoms. The number of halogens is 1. The molecule has 0 saturated heterocycles. The van der Waals surface area contributed by atoms with Crippen LogP contribution in [0.25, 0.3) is 11.5 Å². The van der Waals surface area contributed by atoms with Gasteiger partial charge in [-0.25, -0.2) is 4.98 Å². The van der Waals surface area contributed by atoms with E-state index in [1.807, 2.05) is 48.0 Å². The van der Waals surface area contributed by atoms with Crippen molar-refractivity contribution in [1.82, 2.24) is 25.4 Å². The first-order valence-corrected chi connectivity index (χ1v) is 8.74. The number of carbonyl (C=O) groups excluding carboxylic acids is 1. The second-order valence-electron chi connectivity index (χ2n) is 6.37. The third-order valence-electron chi connectivity index (χ3n) is 4.43. The SMILES string of the molecule is Cc1oc(-c2ccccc2)nc1CC(=O)NCc1cc2n(n1)CCNC2.Cl. The molecule has 0 radical (unpaired) electrons. The zero-order chi connectivity index (χ0) is 17.9. The number of oxazole rings is 1. The van der Waals surface area contributed by atoms with Gasteiger partial charge in [-0.3, -0.25) is 9.48 Å². The maximum atomic E-state index is 12.3. The van der Waals surface area contributed by atoms with Crippen LogP contribution in [-0.4, -0.2) is 27.2 Å². The van der Waals surface area contributed by atoms with Crippen molar-refractivity contribution in [3.05, 3.63) is 59.2 Å². The summed E-state index contributed by atoms with van der Waals surface area (Å²) in [5, 5.41) is 10.7. The van der Waals surface area contributed by atoms with Gasteiger partial charge in [0.25, 0.3) is 0 Å². The number of nitrogens with zero attached hydrogens (tertiary/aromatic N) is 3. The molecule has 0 bridgehead atoms. The molecule has 0 unspecified atom stereocenters. The minimum absolute atomic E-state index is 0. The van der Waals surface area contributed by atoms with Gasteiger partial charge in [-0.2, -0.15) is 5.10 Å². The van der Waals surface area contributed by atoms with E-state index in [1.54, 1.807) is 0 Å². The van der Waals surface area contributed by atoms with Crippen molar-refractivity contribution in [1.29, 1.82) is 0 Å². The number of aryl methyl sites for hydroxylation is 1. The maximum absolute atomic E-state index is 12.3. The van der Waals surface area contributed by atoms with Gasteiger partial charge >= 0.3 is 0 Å². The van der Waals surface area contributed by atoms with Crippen LogP contribution in [0.15, 0.2) is 40.8 Å². The Morgan fingerprint density at radius 1 is 1.33 bits per heavy atom. The fraction of sp³-hybridized carbons (Fsp3) is 0.316. The molecule has 0 spiro atoms. The van der Waals surface area contributed by atoms with Gasteiger partial charge < -0.3 is 15.1 Å². The zero-order valence-corrected chi connectivity index (χ0v) is 15.9. The van der Waals surface area contributed by atoms with Gasteiger partial charge in [0.05, 0.1) is 36.6 Å². The summed E-state index contributed by atoms with van der Waals surface area (Å²) in [7, 11) is 0. The lowest BCUT2D eigenvalue weighted by atomic mass is 10.2. The number of hydrogen-bond donors (Lipinski definition) is 2. The normalized spacial score (nSPS) is 12.9. The lowest BCUT2D eigenvalue weighted by Gasteiger charge is -2.13. The fourth-order valence-electron chi connectivity index (χ4n) is 3.04. The Labute approximate surface area is 163 Å². The number of carbonyl (C=O) groups is 1. The summed E-state index contributed by atoms with van der Waals surface area (Å²) < 4.78 is 7.70. The van der Waals surface area contributed by atoms with E-state index in [4.69, 9.17) is 4.42 Å². The van der Waals surface area contributed by atoms with Crippen molar-refractivity contribution in [2.24, 2.45) is 0 Å². The lowest BCUT2D eigenvalue weighted by Crippen LogP contribution is -2.28. The molecule has 0 atom stereocenters. The second-order valence-corrected chi connectivity index (χ2v) is 6.37. The van der Waals surface area contributed by atoms with E-state index >= 15 is 0 Å². The third kappa shape index (κ3) is 4.37. The molecule has 8 heteroatoms. The highest BCUT2D eigenvalue weighted by Crippen LogP contribution is 2.21. The molecule has 142 valence electrons. The molecule has 2 N–H and O–H groups in total. The molecule has 0 fully saturated rings. The molecule has 3 heterocycles. The van der Waals surface area contributed by atoms with Gasteiger partial charge in [-0.05, 0) is 25.1 Å². The van der Waals surface area contributed by atoms with E-state index in [2.05, 4.69) is 20.7 Å². The van der Waals surface area contributed by atoms with E-state index < -0.39 is 0 Å². The largest absolute Gasteiger partial charge is 0.441 e. The topological polar surface area (TPSA) is 85.0 Å². The van der Waals surface area contributed by atoms with Crippen molar-refractivity contribution in [2.45, 2.75) is 33.0 Å². The van der Waals surface area contributed by atoms with E-state index in [1.165, 1.54) is 0 Å². The molecule has 1 aliphatic heterocycles. The molecule has 0 aliphatic carbocycles. The zero-order valence-electron chi connectivity index (χ0n) is 15.1. The second kappa shape index (κ2) is 8.37. The Kier molecular flexibility index (Phi) is 5.93. The standard InChI is InChI=1S/C19H21N5O2.ClH/c1-13-17(22-19(26-13)14-5-3-2-4-6-14)10-18(25)21-11-15-9-16-12-20-7-8-24(16)23-15;/h2-6,9,20H,7-8,10-12H2,1H3,(H,21,25);1H. The van der Waals surface area contributed by atoms with Gasteiger partial charge in [0.15, 0.2) is 0 Å². The van der Waals surface area contributed by atoms with Crippen molar-refractivity contribution >= 4 is 18.3 Å². The van der Waals surface area contributed by atoms with Crippen molar-refractivity contribution in [2.75, 3.05) is 6.54 Å². The number of nitrogens with one attached hydrogen (secondary N) is 2. The van der Waals surface area contributed by atoms with E-state index in [-0.39, 0.29) is 24.7 Å². The van der Waals surface area contributed by atoms with Crippen LogP contribution in [0.2, 0.25) is 0 Å². The van der Waals surface area contributed by atoms with Gasteiger partial charge in [0, 0.05) is 18.7 Å². The number of aromatic nitrogens is 3. The average Bonchev–Trinajstić information content (AvgIpc) is 3.24. The molecular weight excluding hydrogens is 366 g/mol. The molecule has 1 aliphatic rings. The van der Waals surface area contributed by atoms with Crippen LogP contribution in [0.4, 0.5) is 0 Å². The first-order valence-electron chi connectivity index (χ1n) is 8.74. The fourth-order valence-corrected chi connectivity index (χ4v) is 3.04. The number of benzene rings is 1. The van der Waals surface area contributed by atoms with Crippen LogP contribution in [0, 0.1) is 6.92 Å². The van der Waals surface area contributed by atoms with Gasteiger partial charge in [0.2, 0.25) is 11.8 Å². The summed E-state index contributed by atoms with van der Waals surface area (Å²) >= 11 is 0. The molecule has 4 rings (SSSR count). The number of amides is 1. The Balaban J connectivity index is 0.00000210. The molecule has 3 aromatic rings. The van der Waals surface area contributed by atoms with Gasteiger partial charge in [-0.15, -0.1) is 12.4 Å². The quantitative estimate of drug-likeness (QED) is 0.701. The van der Waals surface area contributed by atoms with E-state index in [0.717, 1.165) is 36.6 Å². The summed E-state index contributed by atoms with van der Waals surface area (Å²) in [5.41, 5.74) is 3.59. The van der Waals surface area contributed by atoms with Gasteiger partial charge in [0.1, 0.15) is 5.76 Å². The first-order chi connectivity index (χ1) is 12.7. The highest BCUT2D eigenvalue weighted by molar-refractivity contribution is 5.85. The van der Waals surface area contributed by atoms with E-state index in [0.29, 0.717) is 23.9 Å². The average molecular weight is 388 g/mol. The van der Waals surface area contributed by atoms with Crippen LogP contribution in [-0.2, 0) is 30.8 Å². The molecule has 1 amide bonds. The third-order valence-corrected chi connectivity index (χ3v) is 4.43. The molecule has 2 aromatic heterocycles. The predicted octanol–water partition coefficient (Wildman–Crippen LogP) is 2.23. The van der Waals surface area contributed by atoms with E-state index in [9.17, 15) is 4.79 Å². The smallest absolute Gasteiger partial charge is 0.226 e. The monoisotopic (exact) mass is 387 g/mol. The van der Waals surface area contributed by atoms with Crippen LogP contribution in [0.3, 0.4) is 0 Å². The molecule has 7 nitrogen and oxygen atoms in total.